The maximum Gasteiger partial charge on any atom is 0.218 e. The molecule has 0 aliphatic rings. The van der Waals surface area contributed by atoms with Crippen molar-refractivity contribution in [2.75, 3.05) is 17.2 Å². The van der Waals surface area contributed by atoms with E-state index >= 15 is 0 Å². The molecule has 0 radical (unpaired) electrons. The van der Waals surface area contributed by atoms with E-state index < -0.39 is 0 Å². The molecule has 1 heterocycles. The standard InChI is InChI=1S/C9H12N6/c1-15-9(12)13-8(14-15)5-2-6(10)4-7(11)3-5/h2-4H,10-11H2,1H3,(H2,12,13,14). The Morgan fingerprint density at radius 3 is 2.13 bits per heavy atom. The van der Waals surface area contributed by atoms with Crippen LogP contribution in [0.2, 0.25) is 0 Å². The summed E-state index contributed by atoms with van der Waals surface area (Å²) in [6.45, 7) is 0. The summed E-state index contributed by atoms with van der Waals surface area (Å²) in [6.07, 6.45) is 0. The van der Waals surface area contributed by atoms with Gasteiger partial charge in [-0.05, 0) is 18.2 Å². The van der Waals surface area contributed by atoms with E-state index in [1.54, 1.807) is 25.2 Å². The van der Waals surface area contributed by atoms with Gasteiger partial charge in [-0.1, -0.05) is 0 Å². The Labute approximate surface area is 86.7 Å². The Morgan fingerprint density at radius 1 is 1.07 bits per heavy atom. The van der Waals surface area contributed by atoms with E-state index in [1.165, 1.54) is 4.68 Å². The normalized spacial score (nSPS) is 10.5. The number of aromatic nitrogens is 3. The summed E-state index contributed by atoms with van der Waals surface area (Å²) in [5, 5.41) is 4.13. The molecule has 6 heteroatoms. The zero-order chi connectivity index (χ0) is 11.0. The number of anilines is 3. The number of nitrogen functional groups attached to an aromatic ring is 3. The van der Waals surface area contributed by atoms with E-state index in [1.807, 2.05) is 0 Å². The van der Waals surface area contributed by atoms with Gasteiger partial charge in [-0.3, -0.25) is 0 Å². The van der Waals surface area contributed by atoms with Crippen LogP contribution in [0.1, 0.15) is 0 Å². The highest BCUT2D eigenvalue weighted by molar-refractivity contribution is 5.68. The number of hydrogen-bond donors (Lipinski definition) is 3. The van der Waals surface area contributed by atoms with Crippen LogP contribution in [-0.2, 0) is 7.05 Å². The van der Waals surface area contributed by atoms with Gasteiger partial charge >= 0.3 is 0 Å². The number of aryl methyl sites for hydroxylation is 1. The number of rotatable bonds is 1. The second-order valence-corrected chi connectivity index (χ2v) is 3.31. The molecule has 1 aromatic heterocycles. The SMILES string of the molecule is Cn1nc(-c2cc(N)cc(N)c2)nc1N. The molecular weight excluding hydrogens is 192 g/mol. The molecule has 0 aliphatic heterocycles. The van der Waals surface area contributed by atoms with E-state index in [0.29, 0.717) is 23.1 Å². The first-order chi connectivity index (χ1) is 7.06. The van der Waals surface area contributed by atoms with Crippen LogP contribution in [-0.4, -0.2) is 14.8 Å². The first-order valence-electron chi connectivity index (χ1n) is 4.39. The zero-order valence-corrected chi connectivity index (χ0v) is 8.31. The minimum Gasteiger partial charge on any atom is -0.399 e. The number of nitrogens with two attached hydrogens (primary N) is 3. The van der Waals surface area contributed by atoms with Crippen molar-refractivity contribution in [2.45, 2.75) is 0 Å². The van der Waals surface area contributed by atoms with Gasteiger partial charge < -0.3 is 17.2 Å². The molecule has 2 rings (SSSR count). The fourth-order valence-electron chi connectivity index (χ4n) is 1.32. The van der Waals surface area contributed by atoms with Gasteiger partial charge in [0.25, 0.3) is 0 Å². The van der Waals surface area contributed by atoms with Gasteiger partial charge in [0, 0.05) is 24.0 Å². The maximum absolute atomic E-state index is 5.67. The number of benzene rings is 1. The van der Waals surface area contributed by atoms with Gasteiger partial charge in [-0.25, -0.2) is 4.68 Å². The van der Waals surface area contributed by atoms with Crippen LogP contribution in [0.15, 0.2) is 18.2 Å². The van der Waals surface area contributed by atoms with Crippen LogP contribution in [0, 0.1) is 0 Å². The largest absolute Gasteiger partial charge is 0.399 e. The highest BCUT2D eigenvalue weighted by atomic mass is 15.4. The van der Waals surface area contributed by atoms with Gasteiger partial charge in [0.1, 0.15) is 0 Å². The molecule has 0 unspecified atom stereocenters. The van der Waals surface area contributed by atoms with Crippen LogP contribution in [0.4, 0.5) is 17.3 Å². The lowest BCUT2D eigenvalue weighted by molar-refractivity contribution is 0.781. The minimum absolute atomic E-state index is 0.353. The number of nitrogens with zero attached hydrogens (tertiary/aromatic N) is 3. The summed E-state index contributed by atoms with van der Waals surface area (Å²) >= 11 is 0. The van der Waals surface area contributed by atoms with Crippen molar-refractivity contribution in [1.29, 1.82) is 0 Å². The molecule has 0 aliphatic carbocycles. The lowest BCUT2D eigenvalue weighted by Gasteiger charge is -2.00. The van der Waals surface area contributed by atoms with Crippen LogP contribution in [0.3, 0.4) is 0 Å². The molecule has 15 heavy (non-hydrogen) atoms. The highest BCUT2D eigenvalue weighted by Gasteiger charge is 2.07. The fourth-order valence-corrected chi connectivity index (χ4v) is 1.32. The Morgan fingerprint density at radius 2 is 1.67 bits per heavy atom. The molecule has 0 amide bonds. The summed E-state index contributed by atoms with van der Waals surface area (Å²) in [6, 6.07) is 5.19. The maximum atomic E-state index is 5.67. The average Bonchev–Trinajstić information content (AvgIpc) is 2.45. The molecule has 0 atom stereocenters. The molecule has 0 bridgehead atoms. The van der Waals surface area contributed by atoms with E-state index in [2.05, 4.69) is 10.1 Å². The van der Waals surface area contributed by atoms with Crippen LogP contribution in [0.5, 0.6) is 0 Å². The molecule has 6 N–H and O–H groups in total. The predicted octanol–water partition coefficient (Wildman–Crippen LogP) is 0.229. The third-order valence-corrected chi connectivity index (χ3v) is 2.03. The van der Waals surface area contributed by atoms with E-state index in [9.17, 15) is 0 Å². The highest BCUT2D eigenvalue weighted by Crippen LogP contribution is 2.22. The third kappa shape index (κ3) is 1.69. The summed E-state index contributed by atoms with van der Waals surface area (Å²) in [5.74, 6) is 0.875. The molecule has 0 spiro atoms. The summed E-state index contributed by atoms with van der Waals surface area (Å²) in [4.78, 5) is 4.08. The Bertz CT molecular complexity index is 462. The van der Waals surface area contributed by atoms with Crippen molar-refractivity contribution in [3.8, 4) is 11.4 Å². The van der Waals surface area contributed by atoms with Gasteiger partial charge in [0.15, 0.2) is 5.82 Å². The molecule has 0 fully saturated rings. The lowest BCUT2D eigenvalue weighted by atomic mass is 10.1. The fraction of sp³-hybridized carbons (Fsp3) is 0.111. The smallest absolute Gasteiger partial charge is 0.218 e. The molecular formula is C9H12N6. The minimum atomic E-state index is 0.353. The first kappa shape index (κ1) is 9.32. The van der Waals surface area contributed by atoms with Crippen LogP contribution < -0.4 is 17.2 Å². The molecule has 78 valence electrons. The van der Waals surface area contributed by atoms with Crippen LogP contribution >= 0.6 is 0 Å². The molecule has 0 saturated carbocycles. The van der Waals surface area contributed by atoms with E-state index in [4.69, 9.17) is 17.2 Å². The summed E-state index contributed by atoms with van der Waals surface area (Å²) in [5.41, 5.74) is 18.8. The number of hydrogen-bond acceptors (Lipinski definition) is 5. The molecule has 0 saturated heterocycles. The average molecular weight is 204 g/mol. The molecule has 2 aromatic rings. The first-order valence-corrected chi connectivity index (χ1v) is 4.39. The lowest BCUT2D eigenvalue weighted by Crippen LogP contribution is -1.97. The second kappa shape index (κ2) is 3.16. The van der Waals surface area contributed by atoms with Crippen molar-refractivity contribution >= 4 is 17.3 Å². The Kier molecular flexibility index (Phi) is 1.96. The Balaban J connectivity index is 2.53. The predicted molar refractivity (Wildman–Crippen MR) is 59.7 cm³/mol. The van der Waals surface area contributed by atoms with Crippen molar-refractivity contribution < 1.29 is 0 Å². The van der Waals surface area contributed by atoms with Crippen molar-refractivity contribution in [3.63, 3.8) is 0 Å². The summed E-state index contributed by atoms with van der Waals surface area (Å²) in [7, 11) is 1.72. The second-order valence-electron chi connectivity index (χ2n) is 3.31. The van der Waals surface area contributed by atoms with Crippen molar-refractivity contribution in [2.24, 2.45) is 7.05 Å². The van der Waals surface area contributed by atoms with Gasteiger partial charge in [-0.2, -0.15) is 4.98 Å². The van der Waals surface area contributed by atoms with Gasteiger partial charge in [-0.15, -0.1) is 5.10 Å². The van der Waals surface area contributed by atoms with E-state index in [0.717, 1.165) is 5.56 Å². The van der Waals surface area contributed by atoms with Crippen LogP contribution in [0.25, 0.3) is 11.4 Å². The summed E-state index contributed by atoms with van der Waals surface area (Å²) < 4.78 is 1.49. The topological polar surface area (TPSA) is 109 Å². The van der Waals surface area contributed by atoms with Gasteiger partial charge in [0.05, 0.1) is 0 Å². The van der Waals surface area contributed by atoms with Crippen molar-refractivity contribution in [3.05, 3.63) is 18.2 Å². The quantitative estimate of drug-likeness (QED) is 0.576. The monoisotopic (exact) mass is 204 g/mol. The molecule has 1 aromatic carbocycles. The Hall–Kier alpha value is -2.24. The van der Waals surface area contributed by atoms with Gasteiger partial charge in [0.2, 0.25) is 5.95 Å². The zero-order valence-electron chi connectivity index (χ0n) is 8.31. The van der Waals surface area contributed by atoms with E-state index in [-0.39, 0.29) is 0 Å². The van der Waals surface area contributed by atoms with Crippen molar-refractivity contribution in [1.82, 2.24) is 14.8 Å². The molecule has 6 nitrogen and oxygen atoms in total. The third-order valence-electron chi connectivity index (χ3n) is 2.03.